The number of hydrogen-bond acceptors (Lipinski definition) is 2. The Balaban J connectivity index is 2.38. The highest BCUT2D eigenvalue weighted by Crippen LogP contribution is 2.33. The highest BCUT2D eigenvalue weighted by Gasteiger charge is 2.29. The van der Waals surface area contributed by atoms with E-state index < -0.39 is 0 Å². The molecule has 1 unspecified atom stereocenters. The number of carbonyl (C=O) groups is 1. The number of carbonyl (C=O) groups excluding carboxylic acids is 1. The van der Waals surface area contributed by atoms with Gasteiger partial charge in [0.05, 0.1) is 0 Å². The van der Waals surface area contributed by atoms with Gasteiger partial charge in [-0.3, -0.25) is 4.79 Å². The Morgan fingerprint density at radius 3 is 2.81 bits per heavy atom. The van der Waals surface area contributed by atoms with Crippen molar-refractivity contribution in [3.8, 4) is 0 Å². The molecule has 0 radical (unpaired) electrons. The van der Waals surface area contributed by atoms with E-state index in [9.17, 15) is 4.79 Å². The Kier molecular flexibility index (Phi) is 2.97. The zero-order chi connectivity index (χ0) is 11.7. The molecule has 3 heteroatoms. The number of hydrogen-bond donors (Lipinski definition) is 2. The second-order valence-electron chi connectivity index (χ2n) is 4.48. The van der Waals surface area contributed by atoms with Gasteiger partial charge in [-0.25, -0.2) is 0 Å². The van der Waals surface area contributed by atoms with Crippen LogP contribution < -0.4 is 10.6 Å². The molecule has 1 heterocycles. The molecular weight excluding hydrogens is 200 g/mol. The van der Waals surface area contributed by atoms with Crippen molar-refractivity contribution in [2.75, 3.05) is 11.9 Å². The molecule has 2 N–H and O–H groups in total. The summed E-state index contributed by atoms with van der Waals surface area (Å²) in [5.41, 5.74) is 3.30. The number of fused-ring (bicyclic) bond motifs is 1. The van der Waals surface area contributed by atoms with E-state index in [1.165, 1.54) is 5.56 Å². The van der Waals surface area contributed by atoms with Gasteiger partial charge in [-0.1, -0.05) is 32.9 Å². The number of likely N-dealkylation sites (N-methyl/N-ethyl adjacent to an activating group) is 1. The zero-order valence-electron chi connectivity index (χ0n) is 10.0. The van der Waals surface area contributed by atoms with Crippen LogP contribution in [0, 0.1) is 0 Å². The molecule has 16 heavy (non-hydrogen) atoms. The van der Waals surface area contributed by atoms with E-state index in [4.69, 9.17) is 0 Å². The maximum Gasteiger partial charge on any atom is 0.246 e. The van der Waals surface area contributed by atoms with E-state index in [2.05, 4.69) is 36.6 Å². The van der Waals surface area contributed by atoms with E-state index in [1.807, 2.05) is 13.0 Å². The molecule has 0 aliphatic carbocycles. The molecule has 0 spiro atoms. The molecule has 1 aliphatic rings. The molecule has 2 rings (SSSR count). The van der Waals surface area contributed by atoms with Crippen LogP contribution in [0.25, 0.3) is 0 Å². The van der Waals surface area contributed by atoms with Gasteiger partial charge in [0.25, 0.3) is 0 Å². The minimum Gasteiger partial charge on any atom is -0.324 e. The van der Waals surface area contributed by atoms with Crippen molar-refractivity contribution in [2.45, 2.75) is 32.7 Å². The molecule has 0 fully saturated rings. The minimum atomic E-state index is -0.182. The van der Waals surface area contributed by atoms with Gasteiger partial charge in [0.2, 0.25) is 5.91 Å². The van der Waals surface area contributed by atoms with Crippen LogP contribution in [-0.2, 0) is 4.79 Å². The van der Waals surface area contributed by atoms with Crippen LogP contribution in [-0.4, -0.2) is 12.5 Å². The van der Waals surface area contributed by atoms with Crippen molar-refractivity contribution in [1.29, 1.82) is 0 Å². The molecule has 0 bridgehead atoms. The lowest BCUT2D eigenvalue weighted by Crippen LogP contribution is -2.27. The Morgan fingerprint density at radius 2 is 2.19 bits per heavy atom. The Hall–Kier alpha value is -1.35. The van der Waals surface area contributed by atoms with Crippen LogP contribution in [0.2, 0.25) is 0 Å². The Morgan fingerprint density at radius 1 is 1.44 bits per heavy atom. The standard InChI is InChI=1S/C13H18N2O/c1-4-14-12-10-7-9(8(2)3)5-6-11(10)15-13(12)16/h5-8,12,14H,4H2,1-3H3,(H,15,16). The fourth-order valence-corrected chi connectivity index (χ4v) is 2.05. The van der Waals surface area contributed by atoms with Gasteiger partial charge in [-0.2, -0.15) is 0 Å². The van der Waals surface area contributed by atoms with Crippen molar-refractivity contribution in [3.05, 3.63) is 29.3 Å². The van der Waals surface area contributed by atoms with E-state index in [0.29, 0.717) is 5.92 Å². The van der Waals surface area contributed by atoms with Crippen molar-refractivity contribution in [2.24, 2.45) is 0 Å². The molecule has 1 aliphatic heterocycles. The van der Waals surface area contributed by atoms with Crippen LogP contribution in [0.1, 0.15) is 43.9 Å². The highest BCUT2D eigenvalue weighted by atomic mass is 16.2. The summed E-state index contributed by atoms with van der Waals surface area (Å²) >= 11 is 0. The molecular formula is C13H18N2O. The first-order chi connectivity index (χ1) is 7.63. The summed E-state index contributed by atoms with van der Waals surface area (Å²) in [6.07, 6.45) is 0. The van der Waals surface area contributed by atoms with Gasteiger partial charge >= 0.3 is 0 Å². The summed E-state index contributed by atoms with van der Waals surface area (Å²) in [6.45, 7) is 7.13. The lowest BCUT2D eigenvalue weighted by molar-refractivity contribution is -0.117. The lowest BCUT2D eigenvalue weighted by atomic mass is 9.98. The maximum atomic E-state index is 11.7. The Labute approximate surface area is 96.2 Å². The fraction of sp³-hybridized carbons (Fsp3) is 0.462. The summed E-state index contributed by atoms with van der Waals surface area (Å²) in [4.78, 5) is 11.7. The molecule has 3 nitrogen and oxygen atoms in total. The number of rotatable bonds is 3. The first-order valence-corrected chi connectivity index (χ1v) is 5.81. The van der Waals surface area contributed by atoms with Crippen molar-refractivity contribution >= 4 is 11.6 Å². The van der Waals surface area contributed by atoms with Gasteiger partial charge in [-0.15, -0.1) is 0 Å². The molecule has 1 amide bonds. The predicted octanol–water partition coefficient (Wildman–Crippen LogP) is 2.41. The minimum absolute atomic E-state index is 0.0535. The van der Waals surface area contributed by atoms with Gasteiger partial charge in [0.1, 0.15) is 6.04 Å². The second-order valence-corrected chi connectivity index (χ2v) is 4.48. The molecule has 1 aromatic carbocycles. The van der Waals surface area contributed by atoms with Gasteiger partial charge < -0.3 is 10.6 Å². The largest absolute Gasteiger partial charge is 0.324 e. The Bertz CT molecular complexity index is 412. The topological polar surface area (TPSA) is 41.1 Å². The van der Waals surface area contributed by atoms with Gasteiger partial charge in [0, 0.05) is 11.3 Å². The van der Waals surface area contributed by atoms with Crippen LogP contribution in [0.15, 0.2) is 18.2 Å². The van der Waals surface area contributed by atoms with Gasteiger partial charge in [-0.05, 0) is 24.1 Å². The smallest absolute Gasteiger partial charge is 0.246 e. The summed E-state index contributed by atoms with van der Waals surface area (Å²) < 4.78 is 0. The zero-order valence-corrected chi connectivity index (χ0v) is 10.0. The predicted molar refractivity (Wildman–Crippen MR) is 65.6 cm³/mol. The molecule has 1 atom stereocenters. The summed E-state index contributed by atoms with van der Waals surface area (Å²) in [5, 5.41) is 6.10. The first-order valence-electron chi connectivity index (χ1n) is 5.81. The number of nitrogens with one attached hydrogen (secondary N) is 2. The summed E-state index contributed by atoms with van der Waals surface area (Å²) in [7, 11) is 0. The van der Waals surface area contributed by atoms with E-state index in [0.717, 1.165) is 17.8 Å². The van der Waals surface area contributed by atoms with Crippen molar-refractivity contribution in [1.82, 2.24) is 5.32 Å². The average molecular weight is 218 g/mol. The maximum absolute atomic E-state index is 11.7. The fourth-order valence-electron chi connectivity index (χ4n) is 2.05. The number of amides is 1. The first kappa shape index (κ1) is 11.1. The van der Waals surface area contributed by atoms with Crippen LogP contribution in [0.4, 0.5) is 5.69 Å². The third-order valence-corrected chi connectivity index (χ3v) is 2.98. The third kappa shape index (κ3) is 1.83. The quantitative estimate of drug-likeness (QED) is 0.818. The van der Waals surface area contributed by atoms with Crippen LogP contribution in [0.5, 0.6) is 0 Å². The van der Waals surface area contributed by atoms with Crippen molar-refractivity contribution < 1.29 is 4.79 Å². The van der Waals surface area contributed by atoms with E-state index >= 15 is 0 Å². The molecule has 86 valence electrons. The average Bonchev–Trinajstić information content (AvgIpc) is 2.55. The highest BCUT2D eigenvalue weighted by molar-refractivity contribution is 6.02. The normalized spacial score (nSPS) is 18.8. The third-order valence-electron chi connectivity index (χ3n) is 2.98. The molecule has 0 saturated carbocycles. The second kappa shape index (κ2) is 4.26. The molecule has 0 saturated heterocycles. The lowest BCUT2D eigenvalue weighted by Gasteiger charge is -2.12. The van der Waals surface area contributed by atoms with Crippen LogP contribution >= 0.6 is 0 Å². The number of benzene rings is 1. The summed E-state index contributed by atoms with van der Waals surface area (Å²) in [6, 6.07) is 6.03. The number of anilines is 1. The van der Waals surface area contributed by atoms with Gasteiger partial charge in [0.15, 0.2) is 0 Å². The SMILES string of the molecule is CCNC1C(=O)Nc2ccc(C(C)C)cc21. The van der Waals surface area contributed by atoms with E-state index in [-0.39, 0.29) is 11.9 Å². The molecule has 1 aromatic rings. The molecule has 0 aromatic heterocycles. The summed E-state index contributed by atoms with van der Waals surface area (Å²) in [5.74, 6) is 0.543. The van der Waals surface area contributed by atoms with Crippen LogP contribution in [0.3, 0.4) is 0 Å². The van der Waals surface area contributed by atoms with E-state index in [1.54, 1.807) is 0 Å². The monoisotopic (exact) mass is 218 g/mol. The van der Waals surface area contributed by atoms with Crippen molar-refractivity contribution in [3.63, 3.8) is 0 Å².